The van der Waals surface area contributed by atoms with Crippen LogP contribution in [-0.4, -0.2) is 44.0 Å². The molecular weight excluding hydrogens is 256 g/mol. The average molecular weight is 276 g/mol. The summed E-state index contributed by atoms with van der Waals surface area (Å²) in [5.41, 5.74) is 1.96. The van der Waals surface area contributed by atoms with E-state index >= 15 is 0 Å². The standard InChI is InChI=1S/C13H20N6O/c1-10-5-12(19(4)16-10)15-13(20)9-17(2)7-11-6-14-18(3)8-11/h5-6,8H,7,9H2,1-4H3,(H,15,20). The Morgan fingerprint density at radius 3 is 2.75 bits per heavy atom. The van der Waals surface area contributed by atoms with Crippen LogP contribution in [0, 0.1) is 6.92 Å². The van der Waals surface area contributed by atoms with E-state index in [0.29, 0.717) is 18.9 Å². The molecule has 0 bridgehead atoms. The topological polar surface area (TPSA) is 68.0 Å². The molecule has 7 nitrogen and oxygen atoms in total. The normalized spacial score (nSPS) is 11.1. The van der Waals surface area contributed by atoms with Gasteiger partial charge in [-0.3, -0.25) is 19.1 Å². The van der Waals surface area contributed by atoms with Gasteiger partial charge < -0.3 is 5.32 Å². The SMILES string of the molecule is Cc1cc(NC(=O)CN(C)Cc2cnn(C)c2)n(C)n1. The zero-order valence-electron chi connectivity index (χ0n) is 12.3. The fourth-order valence-corrected chi connectivity index (χ4v) is 2.08. The van der Waals surface area contributed by atoms with Crippen molar-refractivity contribution >= 4 is 11.7 Å². The van der Waals surface area contributed by atoms with Gasteiger partial charge in [-0.1, -0.05) is 0 Å². The van der Waals surface area contributed by atoms with Crippen LogP contribution in [0.15, 0.2) is 18.5 Å². The Balaban J connectivity index is 1.86. The van der Waals surface area contributed by atoms with Crippen LogP contribution in [0.5, 0.6) is 0 Å². The lowest BCUT2D eigenvalue weighted by Crippen LogP contribution is -2.30. The Morgan fingerprint density at radius 1 is 1.45 bits per heavy atom. The largest absolute Gasteiger partial charge is 0.310 e. The molecule has 0 spiro atoms. The summed E-state index contributed by atoms with van der Waals surface area (Å²) in [4.78, 5) is 13.9. The molecular formula is C13H20N6O. The second-order valence-corrected chi connectivity index (χ2v) is 5.04. The van der Waals surface area contributed by atoms with Crippen LogP contribution in [0.2, 0.25) is 0 Å². The molecule has 20 heavy (non-hydrogen) atoms. The zero-order valence-corrected chi connectivity index (χ0v) is 12.3. The number of likely N-dealkylation sites (N-methyl/N-ethyl adjacent to an activating group) is 1. The fourth-order valence-electron chi connectivity index (χ4n) is 2.08. The fraction of sp³-hybridized carbons (Fsp3) is 0.462. The molecule has 0 unspecified atom stereocenters. The minimum atomic E-state index is -0.0561. The second-order valence-electron chi connectivity index (χ2n) is 5.04. The predicted octanol–water partition coefficient (Wildman–Crippen LogP) is 0.533. The lowest BCUT2D eigenvalue weighted by Gasteiger charge is -2.15. The average Bonchev–Trinajstić information content (AvgIpc) is 2.85. The van der Waals surface area contributed by atoms with Crippen molar-refractivity contribution in [2.24, 2.45) is 14.1 Å². The first-order valence-electron chi connectivity index (χ1n) is 6.40. The molecule has 2 aromatic rings. The first kappa shape index (κ1) is 14.3. The van der Waals surface area contributed by atoms with Crippen LogP contribution in [0.25, 0.3) is 0 Å². The summed E-state index contributed by atoms with van der Waals surface area (Å²) < 4.78 is 3.41. The minimum absolute atomic E-state index is 0.0561. The summed E-state index contributed by atoms with van der Waals surface area (Å²) in [6, 6.07) is 1.85. The Kier molecular flexibility index (Phi) is 4.19. The molecule has 0 saturated carbocycles. The van der Waals surface area contributed by atoms with Crippen LogP contribution in [0.4, 0.5) is 5.82 Å². The summed E-state index contributed by atoms with van der Waals surface area (Å²) in [5, 5.41) is 11.2. The molecule has 1 N–H and O–H groups in total. The molecule has 2 rings (SSSR count). The van der Waals surface area contributed by atoms with Crippen LogP contribution in [0.1, 0.15) is 11.3 Å². The number of hydrogen-bond acceptors (Lipinski definition) is 4. The van der Waals surface area contributed by atoms with E-state index in [4.69, 9.17) is 0 Å². The van der Waals surface area contributed by atoms with Gasteiger partial charge in [0.25, 0.3) is 0 Å². The van der Waals surface area contributed by atoms with Crippen molar-refractivity contribution in [2.45, 2.75) is 13.5 Å². The van der Waals surface area contributed by atoms with Crippen molar-refractivity contribution in [3.05, 3.63) is 29.7 Å². The highest BCUT2D eigenvalue weighted by molar-refractivity contribution is 5.91. The lowest BCUT2D eigenvalue weighted by molar-refractivity contribution is -0.117. The van der Waals surface area contributed by atoms with E-state index in [1.807, 2.05) is 45.2 Å². The third kappa shape index (κ3) is 3.67. The Morgan fingerprint density at radius 2 is 2.20 bits per heavy atom. The van der Waals surface area contributed by atoms with Gasteiger partial charge in [0.1, 0.15) is 5.82 Å². The van der Waals surface area contributed by atoms with E-state index in [0.717, 1.165) is 11.3 Å². The van der Waals surface area contributed by atoms with E-state index in [2.05, 4.69) is 15.5 Å². The monoisotopic (exact) mass is 276 g/mol. The van der Waals surface area contributed by atoms with Crippen LogP contribution in [0.3, 0.4) is 0 Å². The van der Waals surface area contributed by atoms with Gasteiger partial charge in [-0.15, -0.1) is 0 Å². The molecule has 0 aliphatic heterocycles. The van der Waals surface area contributed by atoms with Crippen LogP contribution < -0.4 is 5.32 Å². The molecule has 0 saturated heterocycles. The predicted molar refractivity (Wildman–Crippen MR) is 76.1 cm³/mol. The summed E-state index contributed by atoms with van der Waals surface area (Å²) >= 11 is 0. The number of carbonyl (C=O) groups is 1. The molecule has 0 aliphatic rings. The maximum Gasteiger partial charge on any atom is 0.239 e. The third-order valence-corrected chi connectivity index (χ3v) is 2.89. The number of hydrogen-bond donors (Lipinski definition) is 1. The number of amides is 1. The highest BCUT2D eigenvalue weighted by atomic mass is 16.2. The van der Waals surface area contributed by atoms with Gasteiger partial charge in [-0.25, -0.2) is 0 Å². The van der Waals surface area contributed by atoms with E-state index in [-0.39, 0.29) is 5.91 Å². The summed E-state index contributed by atoms with van der Waals surface area (Å²) in [5.74, 6) is 0.654. The van der Waals surface area contributed by atoms with Crippen LogP contribution in [-0.2, 0) is 25.4 Å². The molecule has 0 aliphatic carbocycles. The molecule has 0 atom stereocenters. The molecule has 2 heterocycles. The van der Waals surface area contributed by atoms with E-state index < -0.39 is 0 Å². The number of aryl methyl sites for hydroxylation is 3. The Bertz CT molecular complexity index is 600. The van der Waals surface area contributed by atoms with Crippen LogP contribution >= 0.6 is 0 Å². The van der Waals surface area contributed by atoms with Gasteiger partial charge in [-0.05, 0) is 14.0 Å². The summed E-state index contributed by atoms with van der Waals surface area (Å²) in [7, 11) is 5.59. The highest BCUT2D eigenvalue weighted by Crippen LogP contribution is 2.08. The quantitative estimate of drug-likeness (QED) is 0.865. The molecule has 0 aromatic carbocycles. The molecule has 1 amide bonds. The van der Waals surface area contributed by atoms with Crippen molar-refractivity contribution in [3.8, 4) is 0 Å². The number of aromatic nitrogens is 4. The Labute approximate surface area is 118 Å². The molecule has 2 aromatic heterocycles. The maximum absolute atomic E-state index is 12.0. The van der Waals surface area contributed by atoms with Gasteiger partial charge in [0, 0.05) is 38.5 Å². The Hall–Kier alpha value is -2.15. The van der Waals surface area contributed by atoms with Gasteiger partial charge >= 0.3 is 0 Å². The molecule has 108 valence electrons. The molecule has 7 heteroatoms. The number of nitrogens with one attached hydrogen (secondary N) is 1. The lowest BCUT2D eigenvalue weighted by atomic mass is 10.3. The van der Waals surface area contributed by atoms with Gasteiger partial charge in [-0.2, -0.15) is 10.2 Å². The summed E-state index contributed by atoms with van der Waals surface area (Å²) in [6.45, 7) is 2.90. The third-order valence-electron chi connectivity index (χ3n) is 2.89. The van der Waals surface area contributed by atoms with E-state index in [1.165, 1.54) is 0 Å². The maximum atomic E-state index is 12.0. The highest BCUT2D eigenvalue weighted by Gasteiger charge is 2.10. The van der Waals surface area contributed by atoms with Crippen molar-refractivity contribution in [2.75, 3.05) is 18.9 Å². The second kappa shape index (κ2) is 5.87. The van der Waals surface area contributed by atoms with Crippen molar-refractivity contribution in [3.63, 3.8) is 0 Å². The number of nitrogens with zero attached hydrogens (tertiary/aromatic N) is 5. The number of anilines is 1. The van der Waals surface area contributed by atoms with Crippen molar-refractivity contribution < 1.29 is 4.79 Å². The smallest absolute Gasteiger partial charge is 0.239 e. The number of rotatable bonds is 5. The number of carbonyl (C=O) groups excluding carboxylic acids is 1. The van der Waals surface area contributed by atoms with Gasteiger partial charge in [0.15, 0.2) is 0 Å². The first-order chi connectivity index (χ1) is 9.44. The summed E-state index contributed by atoms with van der Waals surface area (Å²) in [6.07, 6.45) is 3.75. The van der Waals surface area contributed by atoms with E-state index in [1.54, 1.807) is 15.6 Å². The molecule has 0 radical (unpaired) electrons. The van der Waals surface area contributed by atoms with Crippen molar-refractivity contribution in [1.82, 2.24) is 24.5 Å². The zero-order chi connectivity index (χ0) is 14.7. The minimum Gasteiger partial charge on any atom is -0.310 e. The van der Waals surface area contributed by atoms with E-state index in [9.17, 15) is 4.79 Å². The first-order valence-corrected chi connectivity index (χ1v) is 6.40. The molecule has 0 fully saturated rings. The van der Waals surface area contributed by atoms with Gasteiger partial charge in [0.05, 0.1) is 18.4 Å². The van der Waals surface area contributed by atoms with Gasteiger partial charge in [0.2, 0.25) is 5.91 Å². The van der Waals surface area contributed by atoms with Crippen molar-refractivity contribution in [1.29, 1.82) is 0 Å².